The van der Waals surface area contributed by atoms with Crippen molar-refractivity contribution < 1.29 is 8.42 Å². The molecule has 1 heterocycles. The number of unbranched alkanes of at least 4 members (excludes halogenated alkanes) is 3. The lowest BCUT2D eigenvalue weighted by atomic mass is 10.2. The molecular weight excluding hydrogens is 276 g/mol. The number of aliphatic imine (C=N–C) groups is 1. The minimum absolute atomic E-state index is 0.289. The van der Waals surface area contributed by atoms with E-state index in [9.17, 15) is 8.42 Å². The predicted molar refractivity (Wildman–Crippen MR) is 83.5 cm³/mol. The van der Waals surface area contributed by atoms with Crippen molar-refractivity contribution in [3.05, 3.63) is 0 Å². The van der Waals surface area contributed by atoms with Gasteiger partial charge in [0.1, 0.15) is 0 Å². The molecule has 0 unspecified atom stereocenters. The van der Waals surface area contributed by atoms with Gasteiger partial charge in [-0.2, -0.15) is 0 Å². The molecule has 118 valence electrons. The van der Waals surface area contributed by atoms with Gasteiger partial charge in [-0.1, -0.05) is 26.2 Å². The minimum Gasteiger partial charge on any atom is -0.356 e. The lowest BCUT2D eigenvalue weighted by Crippen LogP contribution is -2.42. The maximum Gasteiger partial charge on any atom is 0.214 e. The smallest absolute Gasteiger partial charge is 0.214 e. The van der Waals surface area contributed by atoms with E-state index in [4.69, 9.17) is 0 Å². The van der Waals surface area contributed by atoms with Gasteiger partial charge in [0, 0.05) is 33.2 Å². The quantitative estimate of drug-likeness (QED) is 0.395. The molecule has 0 aromatic heterocycles. The summed E-state index contributed by atoms with van der Waals surface area (Å²) in [7, 11) is -1.26. The normalized spacial score (nSPS) is 19.2. The molecule has 0 aromatic rings. The maximum absolute atomic E-state index is 11.6. The molecule has 0 aliphatic carbocycles. The van der Waals surface area contributed by atoms with Gasteiger partial charge in [-0.05, 0) is 12.8 Å². The Morgan fingerprint density at radius 3 is 2.55 bits per heavy atom. The van der Waals surface area contributed by atoms with Gasteiger partial charge in [0.25, 0.3) is 0 Å². The van der Waals surface area contributed by atoms with Gasteiger partial charge < -0.3 is 10.6 Å². The molecular formula is C13H28N4O2S. The van der Waals surface area contributed by atoms with Gasteiger partial charge >= 0.3 is 0 Å². The van der Waals surface area contributed by atoms with Crippen LogP contribution in [0.25, 0.3) is 0 Å². The summed E-state index contributed by atoms with van der Waals surface area (Å²) in [5.41, 5.74) is 0. The van der Waals surface area contributed by atoms with Crippen molar-refractivity contribution in [2.75, 3.05) is 39.0 Å². The number of nitrogens with one attached hydrogen (secondary N) is 2. The maximum atomic E-state index is 11.6. The van der Waals surface area contributed by atoms with Crippen molar-refractivity contribution in [3.63, 3.8) is 0 Å². The molecule has 2 N–H and O–H groups in total. The summed E-state index contributed by atoms with van der Waals surface area (Å²) in [5, 5.41) is 6.40. The fraction of sp³-hybridized carbons (Fsp3) is 0.923. The molecule has 1 fully saturated rings. The van der Waals surface area contributed by atoms with E-state index in [0.717, 1.165) is 25.3 Å². The molecule has 0 spiro atoms. The molecule has 0 amide bonds. The zero-order valence-corrected chi connectivity index (χ0v) is 13.5. The third kappa shape index (κ3) is 6.09. The second kappa shape index (κ2) is 9.18. The highest BCUT2D eigenvalue weighted by Gasteiger charge is 2.27. The molecule has 0 saturated carbocycles. The third-order valence-electron chi connectivity index (χ3n) is 3.40. The topological polar surface area (TPSA) is 73.8 Å². The Morgan fingerprint density at radius 1 is 1.20 bits per heavy atom. The number of hydrogen-bond acceptors (Lipinski definition) is 3. The molecule has 1 aliphatic heterocycles. The summed E-state index contributed by atoms with van der Waals surface area (Å²) in [6, 6.07) is 0. The van der Waals surface area contributed by atoms with Gasteiger partial charge in [0.15, 0.2) is 5.96 Å². The van der Waals surface area contributed by atoms with E-state index in [0.29, 0.717) is 19.6 Å². The highest BCUT2D eigenvalue weighted by atomic mass is 32.2. The van der Waals surface area contributed by atoms with Crippen molar-refractivity contribution in [2.24, 2.45) is 4.99 Å². The summed E-state index contributed by atoms with van der Waals surface area (Å²) in [6.07, 6.45) is 5.60. The van der Waals surface area contributed by atoms with Gasteiger partial charge in [-0.25, -0.2) is 12.7 Å². The lowest BCUT2D eigenvalue weighted by Gasteiger charge is -2.16. The number of guanidine groups is 1. The van der Waals surface area contributed by atoms with Crippen LogP contribution < -0.4 is 10.6 Å². The zero-order valence-electron chi connectivity index (χ0n) is 12.7. The van der Waals surface area contributed by atoms with Crippen molar-refractivity contribution in [1.82, 2.24) is 14.9 Å². The average molecular weight is 304 g/mol. The molecule has 6 nitrogen and oxygen atoms in total. The number of sulfonamides is 1. The SMILES string of the molecule is CCCCCCNC(=NC)NCCN1CCCS1(=O)=O. The van der Waals surface area contributed by atoms with Crippen LogP contribution in [0.1, 0.15) is 39.0 Å². The van der Waals surface area contributed by atoms with E-state index in [1.54, 1.807) is 11.4 Å². The van der Waals surface area contributed by atoms with Crippen molar-refractivity contribution in [2.45, 2.75) is 39.0 Å². The van der Waals surface area contributed by atoms with Gasteiger partial charge in [0.2, 0.25) is 10.0 Å². The van der Waals surface area contributed by atoms with Crippen LogP contribution >= 0.6 is 0 Å². The summed E-state index contributed by atoms with van der Waals surface area (Å²) in [5.74, 6) is 1.04. The van der Waals surface area contributed by atoms with E-state index >= 15 is 0 Å². The Balaban J connectivity index is 2.15. The Morgan fingerprint density at radius 2 is 1.95 bits per heavy atom. The highest BCUT2D eigenvalue weighted by molar-refractivity contribution is 7.89. The molecule has 1 saturated heterocycles. The largest absolute Gasteiger partial charge is 0.356 e. The Hall–Kier alpha value is -0.820. The molecule has 0 atom stereocenters. The zero-order chi connectivity index (χ0) is 14.8. The van der Waals surface area contributed by atoms with Crippen LogP contribution in [-0.4, -0.2) is 57.7 Å². The van der Waals surface area contributed by atoms with Crippen molar-refractivity contribution in [3.8, 4) is 0 Å². The molecule has 20 heavy (non-hydrogen) atoms. The lowest BCUT2D eigenvalue weighted by molar-refractivity contribution is 0.445. The monoisotopic (exact) mass is 304 g/mol. The number of nitrogens with zero attached hydrogens (tertiary/aromatic N) is 2. The van der Waals surface area contributed by atoms with Gasteiger partial charge in [-0.15, -0.1) is 0 Å². The van der Waals surface area contributed by atoms with Crippen LogP contribution in [0.5, 0.6) is 0 Å². The molecule has 7 heteroatoms. The van der Waals surface area contributed by atoms with E-state index in [1.165, 1.54) is 19.3 Å². The molecule has 0 radical (unpaired) electrons. The standard InChI is InChI=1S/C13H28N4O2S/c1-3-4-5-6-8-15-13(14-2)16-9-11-17-10-7-12-20(17,18)19/h3-12H2,1-2H3,(H2,14,15,16). The van der Waals surface area contributed by atoms with E-state index in [-0.39, 0.29) is 5.75 Å². The van der Waals surface area contributed by atoms with Crippen LogP contribution in [0.4, 0.5) is 0 Å². The summed E-state index contributed by atoms with van der Waals surface area (Å²) < 4.78 is 24.8. The minimum atomic E-state index is -2.99. The van der Waals surface area contributed by atoms with Crippen molar-refractivity contribution >= 4 is 16.0 Å². The molecule has 0 aromatic carbocycles. The van der Waals surface area contributed by atoms with E-state index in [1.807, 2.05) is 0 Å². The second-order valence-electron chi connectivity index (χ2n) is 5.06. The molecule has 1 rings (SSSR count). The summed E-state index contributed by atoms with van der Waals surface area (Å²) in [4.78, 5) is 4.13. The fourth-order valence-electron chi connectivity index (χ4n) is 2.22. The van der Waals surface area contributed by atoms with Gasteiger partial charge in [-0.3, -0.25) is 4.99 Å². The summed E-state index contributed by atoms with van der Waals surface area (Å²) in [6.45, 7) is 4.85. The van der Waals surface area contributed by atoms with E-state index in [2.05, 4.69) is 22.5 Å². The van der Waals surface area contributed by atoms with Crippen LogP contribution in [-0.2, 0) is 10.0 Å². The van der Waals surface area contributed by atoms with Gasteiger partial charge in [0.05, 0.1) is 5.75 Å². The number of hydrogen-bond donors (Lipinski definition) is 2. The van der Waals surface area contributed by atoms with Crippen molar-refractivity contribution in [1.29, 1.82) is 0 Å². The third-order valence-corrected chi connectivity index (χ3v) is 5.36. The molecule has 1 aliphatic rings. The predicted octanol–water partition coefficient (Wildman–Crippen LogP) is 0.767. The number of rotatable bonds is 8. The first-order chi connectivity index (χ1) is 9.60. The first-order valence-electron chi connectivity index (χ1n) is 7.52. The Kier molecular flexibility index (Phi) is 7.91. The van der Waals surface area contributed by atoms with Crippen LogP contribution in [0.3, 0.4) is 0 Å². The highest BCUT2D eigenvalue weighted by Crippen LogP contribution is 2.11. The average Bonchev–Trinajstić information content (AvgIpc) is 2.75. The fourth-order valence-corrected chi connectivity index (χ4v) is 3.75. The van der Waals surface area contributed by atoms with E-state index < -0.39 is 10.0 Å². The Labute approximate surface area is 123 Å². The van der Waals surface area contributed by atoms with Crippen LogP contribution in [0.15, 0.2) is 4.99 Å². The van der Waals surface area contributed by atoms with Crippen LogP contribution in [0.2, 0.25) is 0 Å². The first-order valence-corrected chi connectivity index (χ1v) is 9.13. The Bertz CT molecular complexity index is 395. The van der Waals surface area contributed by atoms with Crippen LogP contribution in [0, 0.1) is 0 Å². The summed E-state index contributed by atoms with van der Waals surface area (Å²) >= 11 is 0. The second-order valence-corrected chi connectivity index (χ2v) is 7.14. The molecule has 0 bridgehead atoms. The first kappa shape index (κ1) is 17.2.